The molecule has 6 rings (SSSR count). The molecular formula is C46H55N3O7S. The third-order valence-corrected chi connectivity index (χ3v) is 12.3. The Labute approximate surface area is 341 Å². The summed E-state index contributed by atoms with van der Waals surface area (Å²) in [6.45, 7) is 7.20. The molecule has 1 aliphatic heterocycles. The highest BCUT2D eigenvalue weighted by Crippen LogP contribution is 2.61. The quantitative estimate of drug-likeness (QED) is 0.0503. The fourth-order valence-electron chi connectivity index (χ4n) is 8.83. The number of thioether (sulfide) groups is 1. The topological polar surface area (TPSA) is 134 Å². The second-order valence-electron chi connectivity index (χ2n) is 14.8. The molecule has 1 amide bonds. The number of fused-ring (bicyclic) bond motifs is 2. The zero-order chi connectivity index (χ0) is 40.2. The van der Waals surface area contributed by atoms with Gasteiger partial charge in [-0.15, -0.1) is 18.3 Å². The number of carbonyl (C=O) groups is 1. The van der Waals surface area contributed by atoms with Crippen LogP contribution in [0.4, 0.5) is 0 Å². The molecule has 0 saturated heterocycles. The molecule has 1 fully saturated rings. The minimum absolute atomic E-state index is 0.105. The van der Waals surface area contributed by atoms with E-state index in [0.717, 1.165) is 54.0 Å². The number of benzene rings is 3. The van der Waals surface area contributed by atoms with Crippen molar-refractivity contribution in [3.63, 3.8) is 0 Å². The van der Waals surface area contributed by atoms with Crippen molar-refractivity contribution in [3.05, 3.63) is 114 Å². The normalized spacial score (nSPS) is 23.9. The van der Waals surface area contributed by atoms with Gasteiger partial charge in [0.25, 0.3) is 5.91 Å². The number of nitrogens with zero attached hydrogens (tertiary/aromatic N) is 3. The number of ether oxygens (including phenoxy) is 3. The molecule has 3 aromatic rings. The van der Waals surface area contributed by atoms with Gasteiger partial charge < -0.3 is 34.2 Å². The number of rotatable bonds is 20. The molecule has 11 heteroatoms. The summed E-state index contributed by atoms with van der Waals surface area (Å²) in [5, 5.41) is 33.8. The van der Waals surface area contributed by atoms with Crippen molar-refractivity contribution in [2.24, 2.45) is 22.9 Å². The van der Waals surface area contributed by atoms with Gasteiger partial charge in [0.2, 0.25) is 5.79 Å². The molecule has 2 N–H and O–H groups in total. The first kappa shape index (κ1) is 42.0. The third kappa shape index (κ3) is 9.42. The van der Waals surface area contributed by atoms with E-state index in [1.807, 2.05) is 37.3 Å². The number of likely N-dealkylation sites (N-methyl/N-ethyl adjacent to an activating group) is 1. The molecule has 0 spiro atoms. The van der Waals surface area contributed by atoms with Crippen LogP contribution in [0.1, 0.15) is 79.3 Å². The summed E-state index contributed by atoms with van der Waals surface area (Å²) in [5.74, 6) is 0.290. The van der Waals surface area contributed by atoms with Crippen LogP contribution in [0.3, 0.4) is 0 Å². The largest absolute Gasteiger partial charge is 0.493 e. The average molecular weight is 794 g/mol. The van der Waals surface area contributed by atoms with Gasteiger partial charge in [0.15, 0.2) is 0 Å². The Morgan fingerprint density at radius 3 is 2.53 bits per heavy atom. The highest BCUT2D eigenvalue weighted by Gasteiger charge is 2.65. The zero-order valence-electron chi connectivity index (χ0n) is 33.1. The van der Waals surface area contributed by atoms with E-state index < -0.39 is 17.7 Å². The number of nitriles is 1. The first-order valence-corrected chi connectivity index (χ1v) is 21.2. The van der Waals surface area contributed by atoms with Gasteiger partial charge in [0.1, 0.15) is 24.1 Å². The summed E-state index contributed by atoms with van der Waals surface area (Å²) in [7, 11) is 1.77. The van der Waals surface area contributed by atoms with Crippen LogP contribution >= 0.6 is 11.8 Å². The zero-order valence-corrected chi connectivity index (χ0v) is 33.9. The standard InChI is InChI=1S/C46H55N3O7S/c1-4-25-54-46-42(49(3)45(52)33-19-17-32(31-47)18-20-33)30-40(48-55-5-2)38-28-34(13-9-11-23-50)37(16-10-12-24-51)43(44(38)46)39-29-35(21-22-41(39)56-46)53-26-27-57-36-14-7-6-8-15-36/h4,6-8,14-15,17-22,28-29,34,37,42-44,50-51H,1,5,9-13,16,23-27,30H2,2-3H3. The van der Waals surface area contributed by atoms with E-state index in [-0.39, 0.29) is 43.5 Å². The van der Waals surface area contributed by atoms with E-state index >= 15 is 0 Å². The summed E-state index contributed by atoms with van der Waals surface area (Å²) in [5.41, 5.74) is 3.64. The number of hydrogen-bond acceptors (Lipinski definition) is 10. The summed E-state index contributed by atoms with van der Waals surface area (Å²) >= 11 is 1.75. The number of hydrogen-bond donors (Lipinski definition) is 2. The highest BCUT2D eigenvalue weighted by molar-refractivity contribution is 7.99. The first-order valence-electron chi connectivity index (χ1n) is 20.2. The summed E-state index contributed by atoms with van der Waals surface area (Å²) < 4.78 is 20.6. The Kier molecular flexibility index (Phi) is 14.9. The predicted octanol–water partition coefficient (Wildman–Crippen LogP) is 8.16. The van der Waals surface area contributed by atoms with Gasteiger partial charge in [-0.05, 0) is 105 Å². The van der Waals surface area contributed by atoms with Crippen LogP contribution < -0.4 is 9.47 Å². The lowest BCUT2D eigenvalue weighted by molar-refractivity contribution is -0.252. The lowest BCUT2D eigenvalue weighted by atomic mass is 9.55. The number of aliphatic hydroxyl groups excluding tert-OH is 2. The van der Waals surface area contributed by atoms with E-state index in [1.54, 1.807) is 54.1 Å². The minimum Gasteiger partial charge on any atom is -0.493 e. The van der Waals surface area contributed by atoms with Crippen LogP contribution in [0, 0.1) is 29.1 Å². The maximum absolute atomic E-state index is 14.4. The van der Waals surface area contributed by atoms with Gasteiger partial charge in [0, 0.05) is 54.4 Å². The van der Waals surface area contributed by atoms with Crippen molar-refractivity contribution in [2.75, 3.05) is 45.8 Å². The van der Waals surface area contributed by atoms with Crippen molar-refractivity contribution >= 4 is 23.4 Å². The van der Waals surface area contributed by atoms with Crippen molar-refractivity contribution in [1.29, 1.82) is 5.26 Å². The Morgan fingerprint density at radius 1 is 1.07 bits per heavy atom. The van der Waals surface area contributed by atoms with Gasteiger partial charge in [0.05, 0.1) is 36.5 Å². The molecule has 0 aromatic heterocycles. The molecule has 3 aliphatic rings. The molecule has 0 radical (unpaired) electrons. The Hall–Kier alpha value is -4.60. The fraction of sp³-hybridized carbons (Fsp3) is 0.457. The van der Waals surface area contributed by atoms with Gasteiger partial charge >= 0.3 is 0 Å². The molecule has 6 atom stereocenters. The molecule has 10 nitrogen and oxygen atoms in total. The number of amides is 1. The van der Waals surface area contributed by atoms with Crippen LogP contribution in [0.5, 0.6) is 11.5 Å². The van der Waals surface area contributed by atoms with E-state index in [4.69, 9.17) is 24.2 Å². The van der Waals surface area contributed by atoms with E-state index in [0.29, 0.717) is 49.4 Å². The molecule has 6 unspecified atom stereocenters. The van der Waals surface area contributed by atoms with Crippen LogP contribution in [0.2, 0.25) is 0 Å². The molecule has 3 aromatic carbocycles. The SMILES string of the molecule is C=CCOC12Oc3ccc(OCCSc4ccccc4)cc3C3C(CCCCO)C(CCCCO)C=C(C(=NOCC)CC1N(C)C(=O)c1ccc(C#N)cc1)C32. The maximum atomic E-state index is 14.4. The van der Waals surface area contributed by atoms with Crippen LogP contribution in [0.25, 0.3) is 0 Å². The highest BCUT2D eigenvalue weighted by atomic mass is 32.2. The molecule has 1 heterocycles. The van der Waals surface area contributed by atoms with Crippen LogP contribution in [0.15, 0.2) is 107 Å². The van der Waals surface area contributed by atoms with Gasteiger partial charge in [-0.1, -0.05) is 48.3 Å². The number of carbonyl (C=O) groups excluding carboxylic acids is 1. The molecule has 2 aliphatic carbocycles. The van der Waals surface area contributed by atoms with Gasteiger partial charge in [-0.2, -0.15) is 5.26 Å². The van der Waals surface area contributed by atoms with E-state index in [2.05, 4.69) is 36.9 Å². The Bertz CT molecular complexity index is 1910. The first-order chi connectivity index (χ1) is 27.9. The summed E-state index contributed by atoms with van der Waals surface area (Å²) in [4.78, 5) is 23.1. The Morgan fingerprint density at radius 2 is 1.82 bits per heavy atom. The summed E-state index contributed by atoms with van der Waals surface area (Å²) in [6, 6.07) is 24.4. The lowest BCUT2D eigenvalue weighted by Crippen LogP contribution is -2.69. The van der Waals surface area contributed by atoms with E-state index in [1.165, 1.54) is 4.90 Å². The Balaban J connectivity index is 1.48. The molecule has 57 heavy (non-hydrogen) atoms. The van der Waals surface area contributed by atoms with Gasteiger partial charge in [-0.3, -0.25) is 4.79 Å². The maximum Gasteiger partial charge on any atom is 0.254 e. The third-order valence-electron chi connectivity index (χ3n) is 11.4. The van der Waals surface area contributed by atoms with Crippen molar-refractivity contribution in [3.8, 4) is 17.6 Å². The predicted molar refractivity (Wildman–Crippen MR) is 222 cm³/mol. The second-order valence-corrected chi connectivity index (χ2v) is 16.0. The molecule has 302 valence electrons. The van der Waals surface area contributed by atoms with Crippen molar-refractivity contribution in [1.82, 2.24) is 4.90 Å². The number of oxime groups is 1. The number of unbranched alkanes of at least 4 members (excludes halogenated alkanes) is 2. The average Bonchev–Trinajstić information content (AvgIpc) is 3.24. The summed E-state index contributed by atoms with van der Waals surface area (Å²) in [6.07, 6.45) is 9.11. The molecule has 1 saturated carbocycles. The second kappa shape index (κ2) is 20.2. The lowest BCUT2D eigenvalue weighted by Gasteiger charge is -2.59. The minimum atomic E-state index is -1.35. The van der Waals surface area contributed by atoms with Crippen LogP contribution in [-0.2, 0) is 9.57 Å². The molecule has 0 bridgehead atoms. The monoisotopic (exact) mass is 793 g/mol. The smallest absolute Gasteiger partial charge is 0.254 e. The molecular weight excluding hydrogens is 739 g/mol. The van der Waals surface area contributed by atoms with Crippen LogP contribution in [-0.4, -0.2) is 84.4 Å². The fourth-order valence-corrected chi connectivity index (χ4v) is 9.58. The van der Waals surface area contributed by atoms with E-state index in [9.17, 15) is 20.3 Å². The van der Waals surface area contributed by atoms with Crippen molar-refractivity contribution in [2.45, 2.75) is 74.5 Å². The number of aliphatic hydroxyl groups is 2. The number of allylic oxidation sites excluding steroid dienone is 1. The van der Waals surface area contributed by atoms with Gasteiger partial charge in [-0.25, -0.2) is 0 Å². The van der Waals surface area contributed by atoms with Crippen molar-refractivity contribution < 1.29 is 34.1 Å².